The largest absolute Gasteiger partial charge is 0.497 e. The van der Waals surface area contributed by atoms with Crippen LogP contribution in [0.25, 0.3) is 22.2 Å². The normalized spacial score (nSPS) is 11.4. The fourth-order valence-corrected chi connectivity index (χ4v) is 4.97. The zero-order valence-electron chi connectivity index (χ0n) is 16.7. The SMILES string of the molecule is COc1ccc(-c2cc3ccc(OC)cc3n2S(=O)(=O)c2ccccc2)c([N+](=O)[O-])c1. The van der Waals surface area contributed by atoms with E-state index in [1.165, 1.54) is 38.5 Å². The molecule has 0 N–H and O–H groups in total. The zero-order valence-corrected chi connectivity index (χ0v) is 17.5. The molecule has 0 saturated heterocycles. The third-order valence-corrected chi connectivity index (χ3v) is 6.67. The van der Waals surface area contributed by atoms with Gasteiger partial charge in [0.25, 0.3) is 15.7 Å². The second-order valence-corrected chi connectivity index (χ2v) is 8.46. The third kappa shape index (κ3) is 3.49. The van der Waals surface area contributed by atoms with E-state index in [-0.39, 0.29) is 21.8 Å². The Hall–Kier alpha value is -3.85. The first-order valence-corrected chi connectivity index (χ1v) is 10.6. The van der Waals surface area contributed by atoms with Crippen molar-refractivity contribution in [2.75, 3.05) is 14.2 Å². The Balaban J connectivity index is 2.11. The van der Waals surface area contributed by atoms with Gasteiger partial charge in [0.1, 0.15) is 11.5 Å². The Bertz CT molecular complexity index is 1390. The molecule has 31 heavy (non-hydrogen) atoms. The van der Waals surface area contributed by atoms with Gasteiger partial charge in [-0.25, -0.2) is 12.4 Å². The van der Waals surface area contributed by atoms with E-state index in [0.29, 0.717) is 22.4 Å². The summed E-state index contributed by atoms with van der Waals surface area (Å²) in [4.78, 5) is 11.3. The molecule has 158 valence electrons. The first-order valence-electron chi connectivity index (χ1n) is 9.19. The van der Waals surface area contributed by atoms with Gasteiger partial charge in [-0.1, -0.05) is 18.2 Å². The van der Waals surface area contributed by atoms with Gasteiger partial charge in [0.05, 0.1) is 46.9 Å². The number of hydrogen-bond acceptors (Lipinski definition) is 6. The molecule has 1 heterocycles. The molecule has 3 aromatic carbocycles. The topological polar surface area (TPSA) is 101 Å². The van der Waals surface area contributed by atoms with Gasteiger partial charge in [-0.2, -0.15) is 0 Å². The van der Waals surface area contributed by atoms with Crippen LogP contribution in [0, 0.1) is 10.1 Å². The average Bonchev–Trinajstić information content (AvgIpc) is 3.18. The molecular weight excluding hydrogens is 420 g/mol. The number of fused-ring (bicyclic) bond motifs is 1. The van der Waals surface area contributed by atoms with Crippen LogP contribution in [0.2, 0.25) is 0 Å². The molecule has 0 saturated carbocycles. The molecule has 0 aliphatic rings. The summed E-state index contributed by atoms with van der Waals surface area (Å²) in [5, 5.41) is 12.4. The minimum atomic E-state index is -4.08. The molecule has 0 fully saturated rings. The van der Waals surface area contributed by atoms with E-state index >= 15 is 0 Å². The minimum Gasteiger partial charge on any atom is -0.497 e. The first kappa shape index (κ1) is 20.4. The van der Waals surface area contributed by atoms with Gasteiger partial charge in [0.2, 0.25) is 0 Å². The molecule has 8 nitrogen and oxygen atoms in total. The van der Waals surface area contributed by atoms with E-state index in [4.69, 9.17) is 9.47 Å². The van der Waals surface area contributed by atoms with Gasteiger partial charge >= 0.3 is 0 Å². The predicted octanol–water partition coefficient (Wildman–Crippen LogP) is 4.47. The third-order valence-electron chi connectivity index (χ3n) is 4.93. The molecule has 0 aliphatic carbocycles. The van der Waals surface area contributed by atoms with Crippen LogP contribution in [-0.4, -0.2) is 31.5 Å². The summed E-state index contributed by atoms with van der Waals surface area (Å²) in [6.07, 6.45) is 0. The minimum absolute atomic E-state index is 0.0627. The lowest BCUT2D eigenvalue weighted by molar-refractivity contribution is -0.384. The van der Waals surface area contributed by atoms with Gasteiger partial charge < -0.3 is 9.47 Å². The van der Waals surface area contributed by atoms with Gasteiger partial charge in [0, 0.05) is 11.5 Å². The van der Waals surface area contributed by atoms with Crippen LogP contribution in [0.3, 0.4) is 0 Å². The summed E-state index contributed by atoms with van der Waals surface area (Å²) in [7, 11) is -1.19. The average molecular weight is 438 g/mol. The maximum atomic E-state index is 13.6. The molecule has 4 rings (SSSR count). The molecule has 1 aromatic heterocycles. The van der Waals surface area contributed by atoms with Crippen molar-refractivity contribution in [2.24, 2.45) is 0 Å². The molecule has 0 radical (unpaired) electrons. The van der Waals surface area contributed by atoms with Crippen LogP contribution < -0.4 is 9.47 Å². The molecule has 4 aromatic rings. The summed E-state index contributed by atoms with van der Waals surface area (Å²) < 4.78 is 38.8. The van der Waals surface area contributed by atoms with Crippen molar-refractivity contribution in [3.05, 3.63) is 82.9 Å². The molecule has 0 spiro atoms. The predicted molar refractivity (Wildman–Crippen MR) is 116 cm³/mol. The number of nitro groups is 1. The molecule has 0 unspecified atom stereocenters. The Morgan fingerprint density at radius 1 is 0.871 bits per heavy atom. The molecular formula is C22H18N2O6S. The van der Waals surface area contributed by atoms with E-state index in [1.807, 2.05) is 0 Å². The Morgan fingerprint density at radius 2 is 1.52 bits per heavy atom. The summed E-state index contributed by atoms with van der Waals surface area (Å²) in [5.74, 6) is 0.761. The van der Waals surface area contributed by atoms with Crippen LogP contribution in [0.5, 0.6) is 11.5 Å². The number of rotatable bonds is 6. The molecule has 0 amide bonds. The highest BCUT2D eigenvalue weighted by atomic mass is 32.2. The van der Waals surface area contributed by atoms with Gasteiger partial charge in [-0.15, -0.1) is 0 Å². The van der Waals surface area contributed by atoms with Crippen LogP contribution >= 0.6 is 0 Å². The monoisotopic (exact) mass is 438 g/mol. The van der Waals surface area contributed by atoms with Gasteiger partial charge in [-0.3, -0.25) is 10.1 Å². The highest BCUT2D eigenvalue weighted by Gasteiger charge is 2.28. The number of aromatic nitrogens is 1. The van der Waals surface area contributed by atoms with E-state index in [0.717, 1.165) is 3.97 Å². The van der Waals surface area contributed by atoms with E-state index in [1.54, 1.807) is 48.5 Å². The highest BCUT2D eigenvalue weighted by Crippen LogP contribution is 2.39. The highest BCUT2D eigenvalue weighted by molar-refractivity contribution is 7.90. The number of nitrogens with zero attached hydrogens (tertiary/aromatic N) is 2. The van der Waals surface area contributed by atoms with Gasteiger partial charge in [-0.05, 0) is 42.5 Å². The van der Waals surface area contributed by atoms with Crippen molar-refractivity contribution in [1.82, 2.24) is 3.97 Å². The Morgan fingerprint density at radius 3 is 2.16 bits per heavy atom. The van der Waals surface area contributed by atoms with Crippen molar-refractivity contribution >= 4 is 26.6 Å². The lowest BCUT2D eigenvalue weighted by atomic mass is 10.1. The first-order chi connectivity index (χ1) is 14.9. The standard InChI is InChI=1S/C22H18N2O6S/c1-29-16-9-8-15-12-21(19-11-10-17(30-2)14-22(19)24(25)26)23(20(15)13-16)31(27,28)18-6-4-3-5-7-18/h3-14H,1-2H3. The maximum absolute atomic E-state index is 13.6. The molecule has 0 aliphatic heterocycles. The fraction of sp³-hybridized carbons (Fsp3) is 0.0909. The number of ether oxygens (including phenoxy) is 2. The van der Waals surface area contributed by atoms with Crippen molar-refractivity contribution in [3.8, 4) is 22.8 Å². The second kappa shape index (κ2) is 7.77. The fourth-order valence-electron chi connectivity index (χ4n) is 3.43. The summed E-state index contributed by atoms with van der Waals surface area (Å²) in [6, 6.07) is 18.8. The van der Waals surface area contributed by atoms with Crippen molar-refractivity contribution in [3.63, 3.8) is 0 Å². The summed E-state index contributed by atoms with van der Waals surface area (Å²) in [5.41, 5.74) is 0.406. The zero-order chi connectivity index (χ0) is 22.2. The lowest BCUT2D eigenvalue weighted by Gasteiger charge is -2.13. The molecule has 9 heteroatoms. The van der Waals surface area contributed by atoms with E-state index in [9.17, 15) is 18.5 Å². The smallest absolute Gasteiger partial charge is 0.282 e. The van der Waals surface area contributed by atoms with Crippen LogP contribution in [0.4, 0.5) is 5.69 Å². The van der Waals surface area contributed by atoms with Crippen LogP contribution in [-0.2, 0) is 10.0 Å². The number of benzene rings is 3. The van der Waals surface area contributed by atoms with Crippen molar-refractivity contribution in [2.45, 2.75) is 4.90 Å². The van der Waals surface area contributed by atoms with Gasteiger partial charge in [0.15, 0.2) is 0 Å². The lowest BCUT2D eigenvalue weighted by Crippen LogP contribution is -2.14. The van der Waals surface area contributed by atoms with Crippen molar-refractivity contribution in [1.29, 1.82) is 0 Å². The number of nitro benzene ring substituents is 1. The number of hydrogen-bond donors (Lipinski definition) is 0. The number of methoxy groups -OCH3 is 2. The Kier molecular flexibility index (Phi) is 5.12. The maximum Gasteiger partial charge on any atom is 0.282 e. The van der Waals surface area contributed by atoms with Crippen LogP contribution in [0.1, 0.15) is 0 Å². The Labute approximate surface area is 178 Å². The summed E-state index contributed by atoms with van der Waals surface area (Å²) >= 11 is 0. The van der Waals surface area contributed by atoms with Crippen LogP contribution in [0.15, 0.2) is 77.7 Å². The summed E-state index contributed by atoms with van der Waals surface area (Å²) in [6.45, 7) is 0. The van der Waals surface area contributed by atoms with Crippen molar-refractivity contribution < 1.29 is 22.8 Å². The van der Waals surface area contributed by atoms with E-state index in [2.05, 4.69) is 0 Å². The second-order valence-electron chi connectivity index (χ2n) is 6.68. The van der Waals surface area contributed by atoms with E-state index < -0.39 is 14.9 Å². The molecule has 0 bridgehead atoms. The quantitative estimate of drug-likeness (QED) is 0.325. The molecule has 0 atom stereocenters.